The maximum atomic E-state index is 12.8. The third kappa shape index (κ3) is 3.40. The van der Waals surface area contributed by atoms with Crippen molar-refractivity contribution in [2.24, 2.45) is 5.92 Å². The molecule has 0 aromatic heterocycles. The maximum Gasteiger partial charge on any atom is 0.243 e. The van der Waals surface area contributed by atoms with Crippen LogP contribution in [0.25, 0.3) is 0 Å². The zero-order valence-corrected chi connectivity index (χ0v) is 13.0. The molecular formula is C15H23NO3S. The van der Waals surface area contributed by atoms with E-state index in [0.29, 0.717) is 29.5 Å². The lowest BCUT2D eigenvalue weighted by atomic mass is 10.2. The van der Waals surface area contributed by atoms with Crippen LogP contribution >= 0.6 is 0 Å². The van der Waals surface area contributed by atoms with Crippen molar-refractivity contribution in [1.29, 1.82) is 0 Å². The predicted octanol–water partition coefficient (Wildman–Crippen LogP) is 2.30. The van der Waals surface area contributed by atoms with Crippen LogP contribution in [0.2, 0.25) is 0 Å². The average molecular weight is 297 g/mol. The summed E-state index contributed by atoms with van der Waals surface area (Å²) in [5.41, 5.74) is 1.37. The summed E-state index contributed by atoms with van der Waals surface area (Å²) < 4.78 is 27.2. The van der Waals surface area contributed by atoms with E-state index in [2.05, 4.69) is 0 Å². The number of rotatable bonds is 7. The fraction of sp³-hybridized carbons (Fsp3) is 0.600. The molecule has 2 rings (SSSR count). The summed E-state index contributed by atoms with van der Waals surface area (Å²) in [5.74, 6) is 0.526. The molecule has 0 radical (unpaired) electrons. The topological polar surface area (TPSA) is 57.6 Å². The summed E-state index contributed by atoms with van der Waals surface area (Å²) in [6.45, 7) is 4.83. The van der Waals surface area contributed by atoms with Crippen LogP contribution in [0.15, 0.2) is 23.1 Å². The lowest BCUT2D eigenvalue weighted by molar-refractivity contribution is 0.281. The lowest BCUT2D eigenvalue weighted by Gasteiger charge is -2.23. The lowest BCUT2D eigenvalue weighted by Crippen LogP contribution is -2.34. The van der Waals surface area contributed by atoms with Gasteiger partial charge < -0.3 is 5.11 Å². The number of aliphatic hydroxyl groups is 1. The second kappa shape index (κ2) is 6.24. The largest absolute Gasteiger partial charge is 0.392 e. The fourth-order valence-electron chi connectivity index (χ4n) is 2.31. The number of aliphatic hydroxyl groups excluding tert-OH is 1. The van der Waals surface area contributed by atoms with Gasteiger partial charge in [0, 0.05) is 13.1 Å². The highest BCUT2D eigenvalue weighted by molar-refractivity contribution is 7.89. The summed E-state index contributed by atoms with van der Waals surface area (Å²) in [6, 6.07) is 5.12. The molecule has 0 aliphatic heterocycles. The number of nitrogens with zero attached hydrogens (tertiary/aromatic N) is 1. The summed E-state index contributed by atoms with van der Waals surface area (Å²) >= 11 is 0. The molecule has 0 unspecified atom stereocenters. The smallest absolute Gasteiger partial charge is 0.243 e. The Kier molecular flexibility index (Phi) is 4.83. The van der Waals surface area contributed by atoms with E-state index >= 15 is 0 Å². The first-order valence-corrected chi connectivity index (χ1v) is 8.63. The van der Waals surface area contributed by atoms with E-state index in [4.69, 9.17) is 0 Å². The molecule has 1 fully saturated rings. The molecule has 1 N–H and O–H groups in total. The van der Waals surface area contributed by atoms with Crippen LogP contribution in [0.3, 0.4) is 0 Å². The van der Waals surface area contributed by atoms with Crippen molar-refractivity contribution in [1.82, 2.24) is 4.31 Å². The monoisotopic (exact) mass is 297 g/mol. The number of benzene rings is 1. The van der Waals surface area contributed by atoms with Crippen LogP contribution in [-0.2, 0) is 16.6 Å². The first kappa shape index (κ1) is 15.5. The Labute approximate surface area is 121 Å². The Morgan fingerprint density at radius 2 is 2.05 bits per heavy atom. The quantitative estimate of drug-likeness (QED) is 0.840. The normalized spacial score (nSPS) is 15.8. The van der Waals surface area contributed by atoms with Crippen molar-refractivity contribution in [3.05, 3.63) is 29.3 Å². The number of hydrogen-bond donors (Lipinski definition) is 1. The maximum absolute atomic E-state index is 12.8. The molecule has 4 nitrogen and oxygen atoms in total. The van der Waals surface area contributed by atoms with Gasteiger partial charge in [-0.2, -0.15) is 4.31 Å². The number of hydrogen-bond acceptors (Lipinski definition) is 3. The minimum Gasteiger partial charge on any atom is -0.392 e. The molecule has 0 amide bonds. The summed E-state index contributed by atoms with van der Waals surface area (Å²) in [5, 5.41) is 9.21. The zero-order chi connectivity index (χ0) is 14.8. The van der Waals surface area contributed by atoms with Crippen LogP contribution in [0.1, 0.15) is 37.3 Å². The average Bonchev–Trinajstić information content (AvgIpc) is 3.22. The second-order valence-electron chi connectivity index (χ2n) is 5.56. The van der Waals surface area contributed by atoms with E-state index < -0.39 is 10.0 Å². The van der Waals surface area contributed by atoms with Crippen LogP contribution in [0.5, 0.6) is 0 Å². The van der Waals surface area contributed by atoms with Crippen molar-refractivity contribution in [2.75, 3.05) is 13.1 Å². The standard InChI is InChI=1S/C15H23NO3S/c1-3-8-16(10-13-6-7-13)20(18,19)15-9-14(11-17)5-4-12(15)2/h4-5,9,13,17H,3,6-8,10-11H2,1-2H3. The van der Waals surface area contributed by atoms with Crippen LogP contribution in [0, 0.1) is 12.8 Å². The van der Waals surface area contributed by atoms with E-state index in [1.54, 1.807) is 29.4 Å². The minimum atomic E-state index is -3.46. The predicted molar refractivity (Wildman–Crippen MR) is 78.9 cm³/mol. The fourth-order valence-corrected chi connectivity index (χ4v) is 4.19. The summed E-state index contributed by atoms with van der Waals surface area (Å²) in [4.78, 5) is 0.332. The van der Waals surface area contributed by atoms with Gasteiger partial charge in [-0.1, -0.05) is 19.1 Å². The molecule has 0 saturated heterocycles. The number of aryl methyl sites for hydroxylation is 1. The Balaban J connectivity index is 2.35. The minimum absolute atomic E-state index is 0.140. The Morgan fingerprint density at radius 1 is 1.35 bits per heavy atom. The van der Waals surface area contributed by atoms with E-state index in [0.717, 1.165) is 24.8 Å². The van der Waals surface area contributed by atoms with Gasteiger partial charge in [0.2, 0.25) is 10.0 Å². The van der Waals surface area contributed by atoms with Crippen molar-refractivity contribution >= 4 is 10.0 Å². The van der Waals surface area contributed by atoms with Crippen molar-refractivity contribution in [3.63, 3.8) is 0 Å². The molecule has 1 saturated carbocycles. The van der Waals surface area contributed by atoms with Gasteiger partial charge >= 0.3 is 0 Å². The molecule has 1 aromatic rings. The van der Waals surface area contributed by atoms with E-state index in [1.807, 2.05) is 6.92 Å². The van der Waals surface area contributed by atoms with Gasteiger partial charge in [0.15, 0.2) is 0 Å². The second-order valence-corrected chi connectivity index (χ2v) is 7.47. The molecule has 1 aliphatic carbocycles. The molecule has 1 aromatic carbocycles. The van der Waals surface area contributed by atoms with Gasteiger partial charge in [-0.3, -0.25) is 0 Å². The van der Waals surface area contributed by atoms with Crippen molar-refractivity contribution in [3.8, 4) is 0 Å². The first-order chi connectivity index (χ1) is 9.48. The highest BCUT2D eigenvalue weighted by Crippen LogP contribution is 2.32. The van der Waals surface area contributed by atoms with Crippen molar-refractivity contribution in [2.45, 2.75) is 44.6 Å². The molecular weight excluding hydrogens is 274 g/mol. The molecule has 5 heteroatoms. The molecule has 0 heterocycles. The third-order valence-electron chi connectivity index (χ3n) is 3.68. The van der Waals surface area contributed by atoms with Gasteiger partial charge in [-0.25, -0.2) is 8.42 Å². The highest BCUT2D eigenvalue weighted by Gasteiger charge is 2.31. The van der Waals surface area contributed by atoms with Gasteiger partial charge in [0.1, 0.15) is 0 Å². The molecule has 0 bridgehead atoms. The Morgan fingerprint density at radius 3 is 2.60 bits per heavy atom. The first-order valence-electron chi connectivity index (χ1n) is 7.19. The third-order valence-corrected chi connectivity index (χ3v) is 5.69. The molecule has 0 atom stereocenters. The molecule has 112 valence electrons. The zero-order valence-electron chi connectivity index (χ0n) is 12.2. The van der Waals surface area contributed by atoms with Gasteiger partial charge in [-0.05, 0) is 49.3 Å². The van der Waals surface area contributed by atoms with Gasteiger partial charge in [-0.15, -0.1) is 0 Å². The molecule has 1 aliphatic rings. The van der Waals surface area contributed by atoms with E-state index in [1.165, 1.54) is 0 Å². The van der Waals surface area contributed by atoms with Gasteiger partial charge in [0.05, 0.1) is 11.5 Å². The molecule has 20 heavy (non-hydrogen) atoms. The summed E-state index contributed by atoms with van der Waals surface area (Å²) in [6.07, 6.45) is 3.07. The van der Waals surface area contributed by atoms with E-state index in [9.17, 15) is 13.5 Å². The Bertz CT molecular complexity index is 564. The van der Waals surface area contributed by atoms with E-state index in [-0.39, 0.29) is 6.61 Å². The van der Waals surface area contributed by atoms with Crippen LogP contribution < -0.4 is 0 Å². The Hall–Kier alpha value is -0.910. The van der Waals surface area contributed by atoms with Gasteiger partial charge in [0.25, 0.3) is 0 Å². The summed E-state index contributed by atoms with van der Waals surface area (Å²) in [7, 11) is -3.46. The highest BCUT2D eigenvalue weighted by atomic mass is 32.2. The molecule has 0 spiro atoms. The van der Waals surface area contributed by atoms with Crippen molar-refractivity contribution < 1.29 is 13.5 Å². The van der Waals surface area contributed by atoms with Crippen LogP contribution in [0.4, 0.5) is 0 Å². The number of sulfonamides is 1. The van der Waals surface area contributed by atoms with Crippen LogP contribution in [-0.4, -0.2) is 30.9 Å². The SMILES string of the molecule is CCCN(CC1CC1)S(=O)(=O)c1cc(CO)ccc1C.